The molecule has 2 rings (SSSR count). The molecule has 3 nitrogen and oxygen atoms in total. The Morgan fingerprint density at radius 2 is 2.00 bits per heavy atom. The molecule has 0 saturated carbocycles. The van der Waals surface area contributed by atoms with Crippen LogP contribution < -0.4 is 5.32 Å². The Labute approximate surface area is 117 Å². The Morgan fingerprint density at radius 3 is 2.53 bits per heavy atom. The first-order valence-electron chi connectivity index (χ1n) is 7.47. The largest absolute Gasteiger partial charge is 0.369 e. The van der Waals surface area contributed by atoms with E-state index in [1.165, 1.54) is 37.4 Å². The van der Waals surface area contributed by atoms with Gasteiger partial charge in [-0.15, -0.1) is 0 Å². The van der Waals surface area contributed by atoms with Crippen molar-refractivity contribution in [1.82, 2.24) is 15.1 Å². The van der Waals surface area contributed by atoms with Gasteiger partial charge in [0.05, 0.1) is 0 Å². The number of piperazine rings is 1. The summed E-state index contributed by atoms with van der Waals surface area (Å²) in [6, 6.07) is 0.749. The fourth-order valence-electron chi connectivity index (χ4n) is 2.80. The van der Waals surface area contributed by atoms with E-state index in [0.717, 1.165) is 25.6 Å². The molecule has 0 aromatic carbocycles. The molecule has 3 heteroatoms. The zero-order chi connectivity index (χ0) is 13.7. The summed E-state index contributed by atoms with van der Waals surface area (Å²) in [6.45, 7) is 15.2. The number of nitrogens with zero attached hydrogens (tertiary/aromatic N) is 2. The van der Waals surface area contributed by atoms with E-state index in [2.05, 4.69) is 47.7 Å². The number of allylic oxidation sites excluding steroid dienone is 4. The molecule has 0 amide bonds. The highest BCUT2D eigenvalue weighted by atomic mass is 15.3. The number of hydrogen-bond acceptors (Lipinski definition) is 3. The van der Waals surface area contributed by atoms with E-state index in [1.807, 2.05) is 6.08 Å². The monoisotopic (exact) mass is 261 g/mol. The van der Waals surface area contributed by atoms with E-state index in [0.29, 0.717) is 0 Å². The van der Waals surface area contributed by atoms with Gasteiger partial charge in [0, 0.05) is 51.0 Å². The maximum absolute atomic E-state index is 3.88. The van der Waals surface area contributed by atoms with Crippen molar-refractivity contribution in [2.75, 3.05) is 39.3 Å². The number of rotatable bonds is 5. The molecular weight excluding hydrogens is 234 g/mol. The summed E-state index contributed by atoms with van der Waals surface area (Å²) in [6.07, 6.45) is 7.51. The second-order valence-electron chi connectivity index (χ2n) is 5.34. The van der Waals surface area contributed by atoms with Crippen LogP contribution in [0.5, 0.6) is 0 Å². The zero-order valence-corrected chi connectivity index (χ0v) is 12.4. The van der Waals surface area contributed by atoms with Crippen molar-refractivity contribution < 1.29 is 0 Å². The molecule has 2 saturated heterocycles. The van der Waals surface area contributed by atoms with Crippen LogP contribution in [-0.2, 0) is 0 Å². The molecule has 2 aliphatic heterocycles. The maximum Gasteiger partial charge on any atom is 0.0447 e. The third-order valence-electron chi connectivity index (χ3n) is 4.19. The summed E-state index contributed by atoms with van der Waals surface area (Å²) in [5.74, 6) is 0. The van der Waals surface area contributed by atoms with Crippen LogP contribution in [0.1, 0.15) is 20.3 Å². The van der Waals surface area contributed by atoms with Crippen LogP contribution in [0.25, 0.3) is 0 Å². The molecule has 0 spiro atoms. The van der Waals surface area contributed by atoms with Crippen LogP contribution in [0, 0.1) is 0 Å². The van der Waals surface area contributed by atoms with Gasteiger partial charge in [0.2, 0.25) is 0 Å². The lowest BCUT2D eigenvalue weighted by atomic mass is 10.0. The van der Waals surface area contributed by atoms with Crippen LogP contribution >= 0.6 is 0 Å². The van der Waals surface area contributed by atoms with E-state index in [1.54, 1.807) is 0 Å². The molecule has 0 bridgehead atoms. The molecule has 0 atom stereocenters. The van der Waals surface area contributed by atoms with Crippen LogP contribution in [-0.4, -0.2) is 55.1 Å². The van der Waals surface area contributed by atoms with Gasteiger partial charge in [-0.05, 0) is 25.0 Å². The van der Waals surface area contributed by atoms with Crippen molar-refractivity contribution in [2.45, 2.75) is 26.3 Å². The molecule has 2 heterocycles. The van der Waals surface area contributed by atoms with Gasteiger partial charge in [0.1, 0.15) is 0 Å². The molecule has 0 radical (unpaired) electrons. The normalized spacial score (nSPS) is 23.4. The molecule has 0 aliphatic carbocycles. The molecule has 1 N–H and O–H groups in total. The highest BCUT2D eigenvalue weighted by Gasteiger charge is 2.32. The Morgan fingerprint density at radius 1 is 1.32 bits per heavy atom. The minimum atomic E-state index is 0.749. The van der Waals surface area contributed by atoms with Gasteiger partial charge in [0.25, 0.3) is 0 Å². The van der Waals surface area contributed by atoms with Crippen molar-refractivity contribution in [3.05, 3.63) is 36.1 Å². The van der Waals surface area contributed by atoms with Crippen molar-refractivity contribution in [1.29, 1.82) is 0 Å². The average molecular weight is 261 g/mol. The Balaban J connectivity index is 1.87. The van der Waals surface area contributed by atoms with Gasteiger partial charge in [-0.2, -0.15) is 0 Å². The third-order valence-corrected chi connectivity index (χ3v) is 4.19. The van der Waals surface area contributed by atoms with Gasteiger partial charge >= 0.3 is 0 Å². The first-order valence-corrected chi connectivity index (χ1v) is 7.47. The van der Waals surface area contributed by atoms with E-state index in [-0.39, 0.29) is 0 Å². The summed E-state index contributed by atoms with van der Waals surface area (Å²) in [4.78, 5) is 5.10. The van der Waals surface area contributed by atoms with Gasteiger partial charge in [0.15, 0.2) is 0 Å². The summed E-state index contributed by atoms with van der Waals surface area (Å²) in [5, 5.41) is 3.42. The fraction of sp³-hybridized carbons (Fsp3) is 0.625. The SMILES string of the molecule is C=C/C(=C\C(=C/C)N1CC(N2CCNCC2)C1)CC. The molecule has 0 unspecified atom stereocenters. The van der Waals surface area contributed by atoms with Crippen LogP contribution in [0.4, 0.5) is 0 Å². The predicted octanol–water partition coefficient (Wildman–Crippen LogP) is 2.00. The lowest BCUT2D eigenvalue weighted by molar-refractivity contribution is 0.0517. The molecule has 0 aromatic heterocycles. The quantitative estimate of drug-likeness (QED) is 0.764. The summed E-state index contributed by atoms with van der Waals surface area (Å²) >= 11 is 0. The van der Waals surface area contributed by atoms with Gasteiger partial charge in [-0.1, -0.05) is 25.7 Å². The standard InChI is InChI=1S/C16H27N3/c1-4-14(5-2)11-15(6-3)19-12-16(13-19)18-9-7-17-8-10-18/h4,6,11,16-17H,1,5,7-10,12-13H2,2-3H3/b14-11+,15-6+. The average Bonchev–Trinajstić information content (AvgIpc) is 2.42. The summed E-state index contributed by atoms with van der Waals surface area (Å²) < 4.78 is 0. The maximum atomic E-state index is 3.88. The lowest BCUT2D eigenvalue weighted by Crippen LogP contribution is -2.62. The molecule has 19 heavy (non-hydrogen) atoms. The highest BCUT2D eigenvalue weighted by Crippen LogP contribution is 2.22. The highest BCUT2D eigenvalue weighted by molar-refractivity contribution is 5.29. The third kappa shape index (κ3) is 3.48. The van der Waals surface area contributed by atoms with Crippen molar-refractivity contribution in [3.8, 4) is 0 Å². The molecular formula is C16H27N3. The molecule has 2 fully saturated rings. The van der Waals surface area contributed by atoms with E-state index >= 15 is 0 Å². The molecule has 2 aliphatic rings. The summed E-state index contributed by atoms with van der Waals surface area (Å²) in [7, 11) is 0. The van der Waals surface area contributed by atoms with E-state index in [4.69, 9.17) is 0 Å². The lowest BCUT2D eigenvalue weighted by Gasteiger charge is -2.48. The van der Waals surface area contributed by atoms with Gasteiger partial charge in [-0.3, -0.25) is 4.90 Å². The predicted molar refractivity (Wildman–Crippen MR) is 82.1 cm³/mol. The number of likely N-dealkylation sites (tertiary alicyclic amines) is 1. The Kier molecular flexibility index (Phi) is 5.23. The first-order chi connectivity index (χ1) is 9.28. The van der Waals surface area contributed by atoms with E-state index in [9.17, 15) is 0 Å². The second kappa shape index (κ2) is 6.92. The van der Waals surface area contributed by atoms with Crippen LogP contribution in [0.15, 0.2) is 36.1 Å². The van der Waals surface area contributed by atoms with Gasteiger partial charge in [-0.25, -0.2) is 0 Å². The second-order valence-corrected chi connectivity index (χ2v) is 5.34. The molecule has 0 aromatic rings. The van der Waals surface area contributed by atoms with E-state index < -0.39 is 0 Å². The topological polar surface area (TPSA) is 18.5 Å². The Bertz CT molecular complexity index is 358. The van der Waals surface area contributed by atoms with Crippen LogP contribution in [0.3, 0.4) is 0 Å². The summed E-state index contributed by atoms with van der Waals surface area (Å²) in [5.41, 5.74) is 2.67. The smallest absolute Gasteiger partial charge is 0.0447 e. The minimum Gasteiger partial charge on any atom is -0.369 e. The zero-order valence-electron chi connectivity index (χ0n) is 12.4. The van der Waals surface area contributed by atoms with Gasteiger partial charge < -0.3 is 10.2 Å². The Hall–Kier alpha value is -1.06. The molecule has 106 valence electrons. The fourth-order valence-corrected chi connectivity index (χ4v) is 2.80. The van der Waals surface area contributed by atoms with Crippen molar-refractivity contribution in [3.63, 3.8) is 0 Å². The van der Waals surface area contributed by atoms with Crippen molar-refractivity contribution in [2.24, 2.45) is 0 Å². The van der Waals surface area contributed by atoms with Crippen LogP contribution in [0.2, 0.25) is 0 Å². The van der Waals surface area contributed by atoms with Crippen molar-refractivity contribution >= 4 is 0 Å². The minimum absolute atomic E-state index is 0.749. The number of nitrogens with one attached hydrogen (secondary N) is 1. The first kappa shape index (κ1) is 14.4. The number of hydrogen-bond donors (Lipinski definition) is 1.